The van der Waals surface area contributed by atoms with E-state index in [0.717, 1.165) is 13.0 Å². The molecule has 0 aromatic heterocycles. The van der Waals surface area contributed by atoms with Crippen molar-refractivity contribution < 1.29 is 0 Å². The first kappa shape index (κ1) is 8.54. The maximum absolute atomic E-state index is 3.95. The van der Waals surface area contributed by atoms with Gasteiger partial charge in [-0.1, -0.05) is 31.2 Å². The summed E-state index contributed by atoms with van der Waals surface area (Å²) in [6.45, 7) is 7.09. The van der Waals surface area contributed by atoms with E-state index in [1.54, 1.807) is 0 Å². The van der Waals surface area contributed by atoms with Gasteiger partial charge in [0.1, 0.15) is 0 Å². The minimum Gasteiger partial charge on any atom is -0.310 e. The summed E-state index contributed by atoms with van der Waals surface area (Å²) >= 11 is 0. The van der Waals surface area contributed by atoms with Gasteiger partial charge in [0.05, 0.1) is 0 Å². The summed E-state index contributed by atoms with van der Waals surface area (Å²) in [5, 5.41) is 3.47. The lowest BCUT2D eigenvalue weighted by molar-refractivity contribution is 0.562. The highest BCUT2D eigenvalue weighted by molar-refractivity contribution is 5.01. The molecule has 0 unspecified atom stereocenters. The molecule has 0 amide bonds. The van der Waals surface area contributed by atoms with Crippen LogP contribution in [0.25, 0.3) is 0 Å². The molecule has 11 heavy (non-hydrogen) atoms. The summed E-state index contributed by atoms with van der Waals surface area (Å²) in [5.74, 6) is 0. The van der Waals surface area contributed by atoms with Gasteiger partial charge < -0.3 is 5.32 Å². The van der Waals surface area contributed by atoms with Crippen molar-refractivity contribution in [2.45, 2.75) is 32.2 Å². The van der Waals surface area contributed by atoms with Crippen LogP contribution in [0.5, 0.6) is 0 Å². The number of hydrogen-bond donors (Lipinski definition) is 1. The third kappa shape index (κ3) is 2.89. The molecule has 0 saturated carbocycles. The molecule has 0 fully saturated rings. The van der Waals surface area contributed by atoms with E-state index in [1.807, 2.05) is 0 Å². The summed E-state index contributed by atoms with van der Waals surface area (Å²) in [5.41, 5.74) is 1.30. The Kier molecular flexibility index (Phi) is 3.37. The Bertz CT molecular complexity index is 150. The van der Waals surface area contributed by atoms with Gasteiger partial charge in [0.2, 0.25) is 0 Å². The van der Waals surface area contributed by atoms with Gasteiger partial charge in [-0.25, -0.2) is 0 Å². The first-order valence-corrected chi connectivity index (χ1v) is 4.38. The molecule has 1 N–H and O–H groups in total. The molecule has 0 heterocycles. The molecule has 1 aliphatic rings. The maximum Gasteiger partial charge on any atom is 0.0164 e. The van der Waals surface area contributed by atoms with Gasteiger partial charge in [-0.15, -0.1) is 0 Å². The van der Waals surface area contributed by atoms with E-state index in [0.29, 0.717) is 6.04 Å². The topological polar surface area (TPSA) is 12.0 Å². The Labute approximate surface area is 69.2 Å². The van der Waals surface area contributed by atoms with Crippen LogP contribution < -0.4 is 5.32 Å². The van der Waals surface area contributed by atoms with Gasteiger partial charge in [-0.05, 0) is 19.3 Å². The molecule has 0 spiro atoms. The van der Waals surface area contributed by atoms with Crippen molar-refractivity contribution in [1.82, 2.24) is 5.32 Å². The number of hydrogen-bond acceptors (Lipinski definition) is 1. The molecular weight excluding hydrogens is 134 g/mol. The summed E-state index contributed by atoms with van der Waals surface area (Å²) in [6.07, 6.45) is 7.96. The highest BCUT2D eigenvalue weighted by Crippen LogP contribution is 2.09. The molecule has 0 radical (unpaired) electrons. The lowest BCUT2D eigenvalue weighted by Crippen LogP contribution is -2.27. The van der Waals surface area contributed by atoms with Crippen molar-refractivity contribution in [2.75, 3.05) is 6.54 Å². The predicted molar refractivity (Wildman–Crippen MR) is 49.6 cm³/mol. The van der Waals surface area contributed by atoms with Crippen molar-refractivity contribution in [3.8, 4) is 0 Å². The molecular formula is C10H17N. The fourth-order valence-corrected chi connectivity index (χ4v) is 1.20. The minimum absolute atomic E-state index is 0.679. The Morgan fingerprint density at radius 3 is 2.73 bits per heavy atom. The molecule has 62 valence electrons. The van der Waals surface area contributed by atoms with Crippen molar-refractivity contribution >= 4 is 0 Å². The lowest BCUT2D eigenvalue weighted by atomic mass is 10.2. The Balaban J connectivity index is 2.07. The largest absolute Gasteiger partial charge is 0.310 e. The van der Waals surface area contributed by atoms with E-state index in [1.165, 1.54) is 18.4 Å². The average Bonchev–Trinajstić information content (AvgIpc) is 2.52. The second-order valence-electron chi connectivity index (χ2n) is 3.12. The van der Waals surface area contributed by atoms with Crippen molar-refractivity contribution in [2.24, 2.45) is 0 Å². The zero-order chi connectivity index (χ0) is 8.10. The van der Waals surface area contributed by atoms with Crippen LogP contribution in [0.2, 0.25) is 0 Å². The summed E-state index contributed by atoms with van der Waals surface area (Å²) in [7, 11) is 0. The Hall–Kier alpha value is -0.560. The molecule has 1 aliphatic carbocycles. The van der Waals surface area contributed by atoms with Crippen LogP contribution in [0.1, 0.15) is 26.2 Å². The van der Waals surface area contributed by atoms with Crippen molar-refractivity contribution in [3.63, 3.8) is 0 Å². The smallest absolute Gasteiger partial charge is 0.0164 e. The van der Waals surface area contributed by atoms with E-state index in [4.69, 9.17) is 0 Å². The van der Waals surface area contributed by atoms with E-state index in [9.17, 15) is 0 Å². The zero-order valence-electron chi connectivity index (χ0n) is 7.27. The summed E-state index contributed by atoms with van der Waals surface area (Å²) < 4.78 is 0. The van der Waals surface area contributed by atoms with Crippen LogP contribution >= 0.6 is 0 Å². The molecule has 0 aromatic rings. The minimum atomic E-state index is 0.679. The molecule has 0 saturated heterocycles. The van der Waals surface area contributed by atoms with Crippen LogP contribution in [0.15, 0.2) is 24.3 Å². The third-order valence-corrected chi connectivity index (χ3v) is 2.15. The van der Waals surface area contributed by atoms with Gasteiger partial charge >= 0.3 is 0 Å². The van der Waals surface area contributed by atoms with Crippen LogP contribution in [-0.2, 0) is 0 Å². The van der Waals surface area contributed by atoms with E-state index < -0.39 is 0 Å². The standard InChI is InChI=1S/C10H17N/c1-3-9(2)8-11-10-6-4-5-7-10/h4-5,10-11H,2-3,6-8H2,1H3. The second-order valence-corrected chi connectivity index (χ2v) is 3.12. The van der Waals surface area contributed by atoms with Crippen molar-refractivity contribution in [1.29, 1.82) is 0 Å². The Morgan fingerprint density at radius 1 is 1.55 bits per heavy atom. The van der Waals surface area contributed by atoms with Crippen LogP contribution in [0.4, 0.5) is 0 Å². The van der Waals surface area contributed by atoms with Crippen LogP contribution in [0, 0.1) is 0 Å². The van der Waals surface area contributed by atoms with Crippen LogP contribution in [-0.4, -0.2) is 12.6 Å². The normalized spacial score (nSPS) is 17.5. The van der Waals surface area contributed by atoms with Gasteiger partial charge in [0.25, 0.3) is 0 Å². The zero-order valence-corrected chi connectivity index (χ0v) is 7.27. The van der Waals surface area contributed by atoms with Gasteiger partial charge in [-0.3, -0.25) is 0 Å². The van der Waals surface area contributed by atoms with Crippen molar-refractivity contribution in [3.05, 3.63) is 24.3 Å². The SMILES string of the molecule is C=C(CC)CNC1CC=CC1. The van der Waals surface area contributed by atoms with E-state index in [-0.39, 0.29) is 0 Å². The molecule has 0 aromatic carbocycles. The fraction of sp³-hybridized carbons (Fsp3) is 0.600. The van der Waals surface area contributed by atoms with Gasteiger partial charge in [0.15, 0.2) is 0 Å². The molecule has 0 atom stereocenters. The van der Waals surface area contributed by atoms with Gasteiger partial charge in [0, 0.05) is 12.6 Å². The maximum atomic E-state index is 3.95. The summed E-state index contributed by atoms with van der Waals surface area (Å²) in [6, 6.07) is 0.679. The molecule has 0 bridgehead atoms. The highest BCUT2D eigenvalue weighted by Gasteiger charge is 2.08. The van der Waals surface area contributed by atoms with Crippen LogP contribution in [0.3, 0.4) is 0 Å². The number of rotatable bonds is 4. The molecule has 1 rings (SSSR count). The van der Waals surface area contributed by atoms with E-state index in [2.05, 4.69) is 31.0 Å². The number of nitrogens with one attached hydrogen (secondary N) is 1. The van der Waals surface area contributed by atoms with E-state index >= 15 is 0 Å². The summed E-state index contributed by atoms with van der Waals surface area (Å²) in [4.78, 5) is 0. The third-order valence-electron chi connectivity index (χ3n) is 2.15. The Morgan fingerprint density at radius 2 is 2.18 bits per heavy atom. The monoisotopic (exact) mass is 151 g/mol. The molecule has 1 nitrogen and oxygen atoms in total. The first-order valence-electron chi connectivity index (χ1n) is 4.38. The first-order chi connectivity index (χ1) is 5.33. The molecule has 0 aliphatic heterocycles. The molecule has 1 heteroatoms. The van der Waals surface area contributed by atoms with Gasteiger partial charge in [-0.2, -0.15) is 0 Å². The highest BCUT2D eigenvalue weighted by atomic mass is 14.9. The quantitative estimate of drug-likeness (QED) is 0.608. The second kappa shape index (κ2) is 4.35. The fourth-order valence-electron chi connectivity index (χ4n) is 1.20. The lowest BCUT2D eigenvalue weighted by Gasteiger charge is -2.11. The average molecular weight is 151 g/mol. The predicted octanol–water partition coefficient (Wildman–Crippen LogP) is 2.26.